The average Bonchev–Trinajstić information content (AvgIpc) is 2.40. The number of rotatable bonds is 9. The van der Waals surface area contributed by atoms with Gasteiger partial charge in [0.15, 0.2) is 0 Å². The molecule has 6 heteroatoms. The van der Waals surface area contributed by atoms with Crippen LogP contribution in [0.15, 0.2) is 18.2 Å². The maximum absolute atomic E-state index is 10.7. The molecule has 0 atom stereocenters. The lowest BCUT2D eigenvalue weighted by molar-refractivity contribution is -0.384. The van der Waals surface area contributed by atoms with Crippen molar-refractivity contribution in [1.29, 1.82) is 0 Å². The summed E-state index contributed by atoms with van der Waals surface area (Å²) in [5, 5.41) is 22.9. The molecule has 6 nitrogen and oxygen atoms in total. The monoisotopic (exact) mass is 267 g/mol. The van der Waals surface area contributed by atoms with E-state index in [0.717, 1.165) is 37.1 Å². The van der Waals surface area contributed by atoms with Crippen molar-refractivity contribution >= 4 is 5.69 Å². The molecule has 0 bridgehead atoms. The first-order chi connectivity index (χ1) is 9.19. The van der Waals surface area contributed by atoms with Crippen LogP contribution in [0.5, 0.6) is 0 Å². The van der Waals surface area contributed by atoms with Gasteiger partial charge in [0.25, 0.3) is 5.69 Å². The zero-order valence-corrected chi connectivity index (χ0v) is 11.0. The molecule has 0 heterocycles. The lowest BCUT2D eigenvalue weighted by Gasteiger charge is -2.09. The second-order valence-corrected chi connectivity index (χ2v) is 4.33. The summed E-state index contributed by atoms with van der Waals surface area (Å²) in [6.07, 6.45) is 2.23. The van der Waals surface area contributed by atoms with Gasteiger partial charge in [-0.15, -0.1) is 0 Å². The van der Waals surface area contributed by atoms with Crippen molar-refractivity contribution in [3.05, 3.63) is 39.4 Å². The standard InChI is InChI=1S/C13H21N3O3/c14-6-8-15-7-1-2-11-3-4-13(16(18)19)10-12(11)5-9-17/h3-4,10,15,17H,1-2,5-9,14H2. The van der Waals surface area contributed by atoms with Crippen LogP contribution < -0.4 is 11.1 Å². The van der Waals surface area contributed by atoms with Gasteiger partial charge in [0, 0.05) is 31.8 Å². The van der Waals surface area contributed by atoms with Gasteiger partial charge in [-0.25, -0.2) is 0 Å². The highest BCUT2D eigenvalue weighted by molar-refractivity contribution is 5.40. The number of benzene rings is 1. The van der Waals surface area contributed by atoms with E-state index in [4.69, 9.17) is 10.8 Å². The van der Waals surface area contributed by atoms with Crippen molar-refractivity contribution in [1.82, 2.24) is 5.32 Å². The van der Waals surface area contributed by atoms with Crippen molar-refractivity contribution in [3.8, 4) is 0 Å². The van der Waals surface area contributed by atoms with E-state index in [1.165, 1.54) is 6.07 Å². The van der Waals surface area contributed by atoms with Gasteiger partial charge in [-0.05, 0) is 36.9 Å². The van der Waals surface area contributed by atoms with E-state index in [9.17, 15) is 10.1 Å². The van der Waals surface area contributed by atoms with Crippen molar-refractivity contribution in [2.45, 2.75) is 19.3 Å². The lowest BCUT2D eigenvalue weighted by Crippen LogP contribution is -2.23. The van der Waals surface area contributed by atoms with E-state index in [2.05, 4.69) is 5.32 Å². The fourth-order valence-electron chi connectivity index (χ4n) is 1.95. The maximum atomic E-state index is 10.7. The molecule has 0 aliphatic heterocycles. The Bertz CT molecular complexity index is 410. The van der Waals surface area contributed by atoms with Gasteiger partial charge in [0.1, 0.15) is 0 Å². The number of nitrogens with one attached hydrogen (secondary N) is 1. The summed E-state index contributed by atoms with van der Waals surface area (Å²) in [6, 6.07) is 4.86. The molecule has 1 aromatic rings. The largest absolute Gasteiger partial charge is 0.396 e. The second kappa shape index (κ2) is 8.58. The summed E-state index contributed by atoms with van der Waals surface area (Å²) < 4.78 is 0. The molecule has 0 aromatic heterocycles. The van der Waals surface area contributed by atoms with Crippen molar-refractivity contribution < 1.29 is 10.0 Å². The minimum atomic E-state index is -0.409. The molecule has 106 valence electrons. The number of aliphatic hydroxyl groups excluding tert-OH is 1. The average molecular weight is 267 g/mol. The number of non-ortho nitro benzene ring substituents is 1. The normalized spacial score (nSPS) is 10.6. The van der Waals surface area contributed by atoms with E-state index in [-0.39, 0.29) is 12.3 Å². The lowest BCUT2D eigenvalue weighted by atomic mass is 10.00. The predicted octanol–water partition coefficient (Wildman–Crippen LogP) is 0.610. The Morgan fingerprint density at radius 3 is 2.68 bits per heavy atom. The molecule has 0 fully saturated rings. The molecule has 0 amide bonds. The molecule has 1 rings (SSSR count). The van der Waals surface area contributed by atoms with Gasteiger partial charge in [0.05, 0.1) is 4.92 Å². The molecule has 0 spiro atoms. The third-order valence-electron chi connectivity index (χ3n) is 2.90. The van der Waals surface area contributed by atoms with E-state index in [1.54, 1.807) is 12.1 Å². The van der Waals surface area contributed by atoms with Gasteiger partial charge in [-0.1, -0.05) is 6.07 Å². The zero-order valence-electron chi connectivity index (χ0n) is 11.0. The Hall–Kier alpha value is -1.50. The Balaban J connectivity index is 2.62. The Morgan fingerprint density at radius 1 is 1.26 bits per heavy atom. The number of aliphatic hydroxyl groups is 1. The molecule has 19 heavy (non-hydrogen) atoms. The Kier molecular flexibility index (Phi) is 7.02. The summed E-state index contributed by atoms with van der Waals surface area (Å²) in [4.78, 5) is 10.3. The van der Waals surface area contributed by atoms with Crippen LogP contribution in [0.3, 0.4) is 0 Å². The highest BCUT2D eigenvalue weighted by Crippen LogP contribution is 2.19. The van der Waals surface area contributed by atoms with E-state index >= 15 is 0 Å². The van der Waals surface area contributed by atoms with Crippen LogP contribution in [-0.4, -0.2) is 36.3 Å². The highest BCUT2D eigenvalue weighted by Gasteiger charge is 2.10. The minimum Gasteiger partial charge on any atom is -0.396 e. The van der Waals surface area contributed by atoms with Gasteiger partial charge < -0.3 is 16.2 Å². The van der Waals surface area contributed by atoms with Crippen LogP contribution >= 0.6 is 0 Å². The number of nitro benzene ring substituents is 1. The van der Waals surface area contributed by atoms with Crippen LogP contribution in [0.2, 0.25) is 0 Å². The van der Waals surface area contributed by atoms with Gasteiger partial charge in [0.2, 0.25) is 0 Å². The van der Waals surface area contributed by atoms with Gasteiger partial charge >= 0.3 is 0 Å². The number of hydrogen-bond donors (Lipinski definition) is 3. The third-order valence-corrected chi connectivity index (χ3v) is 2.90. The van der Waals surface area contributed by atoms with Gasteiger partial charge in [-0.3, -0.25) is 10.1 Å². The highest BCUT2D eigenvalue weighted by atomic mass is 16.6. The summed E-state index contributed by atoms with van der Waals surface area (Å²) in [5.74, 6) is 0. The molecule has 0 saturated heterocycles. The first-order valence-corrected chi connectivity index (χ1v) is 6.47. The van der Waals surface area contributed by atoms with Gasteiger partial charge in [-0.2, -0.15) is 0 Å². The Labute approximate surface area is 112 Å². The molecule has 0 aliphatic carbocycles. The molecular formula is C13H21N3O3. The predicted molar refractivity (Wildman–Crippen MR) is 74.1 cm³/mol. The van der Waals surface area contributed by atoms with E-state index < -0.39 is 4.92 Å². The van der Waals surface area contributed by atoms with Crippen LogP contribution in [0.1, 0.15) is 17.5 Å². The number of aryl methyl sites for hydroxylation is 1. The van der Waals surface area contributed by atoms with Crippen LogP contribution in [0, 0.1) is 10.1 Å². The number of nitro groups is 1. The summed E-state index contributed by atoms with van der Waals surface area (Å²) >= 11 is 0. The zero-order chi connectivity index (χ0) is 14.1. The van der Waals surface area contributed by atoms with Crippen molar-refractivity contribution in [3.63, 3.8) is 0 Å². The molecule has 0 saturated carbocycles. The summed E-state index contributed by atoms with van der Waals surface area (Å²) in [7, 11) is 0. The van der Waals surface area contributed by atoms with Crippen LogP contribution in [-0.2, 0) is 12.8 Å². The van der Waals surface area contributed by atoms with Crippen molar-refractivity contribution in [2.24, 2.45) is 5.73 Å². The first kappa shape index (κ1) is 15.6. The van der Waals surface area contributed by atoms with E-state index in [0.29, 0.717) is 13.0 Å². The maximum Gasteiger partial charge on any atom is 0.269 e. The third kappa shape index (κ3) is 5.34. The topological polar surface area (TPSA) is 101 Å². The van der Waals surface area contributed by atoms with Crippen LogP contribution in [0.25, 0.3) is 0 Å². The second-order valence-electron chi connectivity index (χ2n) is 4.33. The number of hydrogen-bond acceptors (Lipinski definition) is 5. The first-order valence-electron chi connectivity index (χ1n) is 6.47. The fraction of sp³-hybridized carbons (Fsp3) is 0.538. The molecular weight excluding hydrogens is 246 g/mol. The Morgan fingerprint density at radius 2 is 2.05 bits per heavy atom. The molecule has 0 unspecified atom stereocenters. The summed E-state index contributed by atoms with van der Waals surface area (Å²) in [5.41, 5.74) is 7.37. The number of nitrogens with zero attached hydrogens (tertiary/aromatic N) is 1. The fourth-order valence-corrected chi connectivity index (χ4v) is 1.95. The molecule has 1 aromatic carbocycles. The van der Waals surface area contributed by atoms with E-state index in [1.807, 2.05) is 0 Å². The van der Waals surface area contributed by atoms with Crippen molar-refractivity contribution in [2.75, 3.05) is 26.2 Å². The summed E-state index contributed by atoms with van der Waals surface area (Å²) in [6.45, 7) is 2.28. The number of nitrogens with two attached hydrogens (primary N) is 1. The molecule has 4 N–H and O–H groups in total. The molecule has 0 aliphatic rings. The quantitative estimate of drug-likeness (QED) is 0.346. The minimum absolute atomic E-state index is 0.000406. The molecule has 0 radical (unpaired) electrons. The van der Waals surface area contributed by atoms with Crippen LogP contribution in [0.4, 0.5) is 5.69 Å². The SMILES string of the molecule is NCCNCCCc1ccc([N+](=O)[O-])cc1CCO. The smallest absolute Gasteiger partial charge is 0.269 e.